The number of hydrogen-bond acceptors (Lipinski definition) is 26. The average Bonchev–Trinajstić information content (AvgIpc) is 1.54. The molecule has 0 spiro atoms. The minimum absolute atomic E-state index is 0.0472. The number of fused-ring (bicyclic) bond motifs is 3. The maximum Gasteiger partial charge on any atom is 0.363 e. The molecule has 0 unspecified atom stereocenters. The number of nitrogens with one attached hydrogen (secondary N) is 1. The Labute approximate surface area is 809 Å². The third-order valence-electron chi connectivity index (χ3n) is 23.8. The second kappa shape index (κ2) is 46.7. The normalized spacial score (nSPS) is 14.1. The van der Waals surface area contributed by atoms with Gasteiger partial charge >= 0.3 is 11.6 Å². The molecule has 13 aromatic rings. The fourth-order valence-corrected chi connectivity index (χ4v) is 17.4. The molecule has 0 radical (unpaired) electrons. The van der Waals surface area contributed by atoms with Crippen LogP contribution in [-0.2, 0) is 45.6 Å². The zero-order valence-corrected chi connectivity index (χ0v) is 78.7. The van der Waals surface area contributed by atoms with Gasteiger partial charge < -0.3 is 84.7 Å². The van der Waals surface area contributed by atoms with Gasteiger partial charge in [0, 0.05) is 119 Å². The number of pyridine rings is 7. The van der Waals surface area contributed by atoms with E-state index in [1.165, 1.54) is 119 Å². The van der Waals surface area contributed by atoms with Crippen LogP contribution >= 0.6 is 27.5 Å². The predicted molar refractivity (Wildman–Crippen MR) is 515 cm³/mol. The number of nitro groups is 2. The SMILES string of the molecule is CO.COc1ccc(CN2Cc3nc(-c4c(F)cccc4F)cc(Cc4ccc(N5CCCC5)cn4)c3C2=O)c(OC)c1.COc1ccc(CN2Cc3nc(-c4c(F)cccc4F)cc(Cl)c3C2=O)c(OC)c1.Nc1ccc(N2CCCC2)cn1.O=C1NCc2nc(-c3c(F)cccc3F)nc(Cc3ccc(N4CCCC4)cn3)c21.O=[N+]([O-])c1ccc(Br)cn1.O=[N+]([O-])c1ccc(N2CCCC2)cn1. The van der Waals surface area contributed by atoms with Crippen LogP contribution in [0.2, 0.25) is 5.02 Å². The molecule has 5 aromatic carbocycles. The summed E-state index contributed by atoms with van der Waals surface area (Å²) in [4.78, 5) is 109. The quantitative estimate of drug-likeness (QED) is 0.0342. The monoisotopic (exact) mass is 1980 g/mol. The zero-order valence-electron chi connectivity index (χ0n) is 76.4. The van der Waals surface area contributed by atoms with Crippen LogP contribution in [-0.4, -0.2) is 175 Å². The van der Waals surface area contributed by atoms with Crippen molar-refractivity contribution < 1.29 is 74.6 Å². The highest BCUT2D eigenvalue weighted by atomic mass is 79.9. The van der Waals surface area contributed by atoms with Crippen LogP contribution in [0.1, 0.15) is 133 Å². The molecule has 4 fully saturated rings. The van der Waals surface area contributed by atoms with Crippen molar-refractivity contribution in [1.82, 2.24) is 60.0 Å². The summed E-state index contributed by atoms with van der Waals surface area (Å²) in [5.41, 5.74) is 15.7. The molecule has 7 aliphatic rings. The molecule has 720 valence electrons. The highest BCUT2D eigenvalue weighted by Gasteiger charge is 2.37. The Kier molecular flexibility index (Phi) is 33.5. The summed E-state index contributed by atoms with van der Waals surface area (Å²) in [7, 11) is 7.23. The van der Waals surface area contributed by atoms with E-state index in [9.17, 15) is 61.0 Å². The number of hydrogen-bond donors (Lipinski definition) is 3. The van der Waals surface area contributed by atoms with Crippen molar-refractivity contribution in [1.29, 1.82) is 0 Å². The molecule has 20 rings (SSSR count). The van der Waals surface area contributed by atoms with Crippen LogP contribution in [0.4, 0.5) is 66.5 Å². The van der Waals surface area contributed by atoms with E-state index in [-0.39, 0.29) is 113 Å². The Morgan fingerprint density at radius 3 is 1.24 bits per heavy atom. The Morgan fingerprint density at radius 1 is 0.432 bits per heavy atom. The average molecular weight is 1990 g/mol. The number of ether oxygens (including phenoxy) is 4. The highest BCUT2D eigenvalue weighted by molar-refractivity contribution is 9.10. The first-order valence-electron chi connectivity index (χ1n) is 44.5. The molecule has 0 aliphatic carbocycles. The van der Waals surface area contributed by atoms with Gasteiger partial charge in [0.05, 0.1) is 180 Å². The fourth-order valence-electron chi connectivity index (χ4n) is 16.8. The molecule has 39 heteroatoms. The van der Waals surface area contributed by atoms with E-state index in [2.05, 4.69) is 85.7 Å². The van der Waals surface area contributed by atoms with Crippen LogP contribution in [0, 0.1) is 55.1 Å². The summed E-state index contributed by atoms with van der Waals surface area (Å²) in [5, 5.41) is 30.2. The minimum atomic E-state index is -0.748. The van der Waals surface area contributed by atoms with Gasteiger partial charge in [-0.15, -0.1) is 0 Å². The minimum Gasteiger partial charge on any atom is -0.497 e. The first-order valence-corrected chi connectivity index (χ1v) is 45.6. The first kappa shape index (κ1) is 99.9. The molecule has 0 atom stereocenters. The number of halogens is 8. The van der Waals surface area contributed by atoms with Gasteiger partial charge in [-0.2, -0.15) is 0 Å². The molecule has 139 heavy (non-hydrogen) atoms. The predicted octanol–water partition coefficient (Wildman–Crippen LogP) is 18.1. The lowest BCUT2D eigenvalue weighted by Gasteiger charge is -2.18. The van der Waals surface area contributed by atoms with Crippen molar-refractivity contribution in [3.63, 3.8) is 0 Å². The lowest BCUT2D eigenvalue weighted by molar-refractivity contribution is -0.389. The molecule has 4 N–H and O–H groups in total. The van der Waals surface area contributed by atoms with E-state index in [4.69, 9.17) is 41.4 Å². The number of benzene rings is 5. The summed E-state index contributed by atoms with van der Waals surface area (Å²) < 4.78 is 109. The van der Waals surface area contributed by atoms with Gasteiger partial charge in [0.15, 0.2) is 18.2 Å². The van der Waals surface area contributed by atoms with Gasteiger partial charge in [-0.3, -0.25) is 24.4 Å². The van der Waals surface area contributed by atoms with Gasteiger partial charge in [0.25, 0.3) is 17.7 Å². The van der Waals surface area contributed by atoms with E-state index in [1.807, 2.05) is 73.2 Å². The van der Waals surface area contributed by atoms with Crippen LogP contribution in [0.15, 0.2) is 199 Å². The van der Waals surface area contributed by atoms with Crippen molar-refractivity contribution >= 4 is 85.5 Å². The standard InChI is InChI=1S/C32H30F2N4O3.C22H17ClF2N2O3.C22H19F2N5O.C9H11N3O2.C9H13N3.C5H3BrN2O2.CH4O/c1-40-24-11-8-20(29(16-24)41-2)18-38-19-28-30(32(38)39)21(15-27(36-28)31-25(33)6-5-7-26(31)34)14-22-9-10-23(17-35-22)37-12-3-4-13-37;1-29-13-7-6-12(19(8-13)30-2)10-27-11-18-20(22(27)28)14(23)9-17(26-18)21-15(24)4-3-5-16(21)25;23-15-4-3-5-16(24)19(15)21-27-17(20-18(28-21)12-26-22(20)30)10-13-6-7-14(11-25-13)29-8-1-2-9-29;13-12(14)9-4-3-8(7-10-9)11-5-1-2-6-11;10-9-4-3-8(7-11-9)12-5-1-2-6-12;6-4-1-2-5(7-3-4)8(9)10;1-2/h5-11,15-17H,3-4,12-14,18-19H2,1-2H3;3-9H,10-11H2,1-2H3;3-7,11H,1-2,8-10,12H2,(H,26,30);3-4,7H,1-2,5-6H2;3-4,7H,1-2,5-6H2,(H2,10,11);1-3H;2H,1H3. The van der Waals surface area contributed by atoms with E-state index in [1.54, 1.807) is 73.7 Å². The lowest BCUT2D eigenvalue weighted by atomic mass is 9.98. The summed E-state index contributed by atoms with van der Waals surface area (Å²) >= 11 is 9.43. The number of carbonyl (C=O) groups is 3. The number of amides is 3. The van der Waals surface area contributed by atoms with Crippen molar-refractivity contribution in [3.8, 4) is 56.9 Å². The molecular formula is C100H97BrClF6N19O12. The lowest BCUT2D eigenvalue weighted by Crippen LogP contribution is -2.24. The Bertz CT molecular complexity index is 6510. The van der Waals surface area contributed by atoms with E-state index < -0.39 is 44.7 Å². The molecular weight excluding hydrogens is 1890 g/mol. The topological polar surface area (TPSA) is 368 Å². The van der Waals surface area contributed by atoms with Gasteiger partial charge in [0.2, 0.25) is 0 Å². The zero-order chi connectivity index (χ0) is 98.5. The van der Waals surface area contributed by atoms with Crippen LogP contribution in [0.5, 0.6) is 23.0 Å². The number of nitrogens with two attached hydrogens (primary N) is 1. The molecule has 0 bridgehead atoms. The van der Waals surface area contributed by atoms with Crippen LogP contribution in [0.3, 0.4) is 0 Å². The van der Waals surface area contributed by atoms with Gasteiger partial charge in [-0.25, -0.2) is 51.3 Å². The number of nitrogen functional groups attached to an aromatic ring is 1. The van der Waals surface area contributed by atoms with Crippen molar-refractivity contribution in [2.24, 2.45) is 0 Å². The molecule has 8 aromatic heterocycles. The van der Waals surface area contributed by atoms with Crippen molar-refractivity contribution in [3.05, 3.63) is 327 Å². The molecule has 15 heterocycles. The largest absolute Gasteiger partial charge is 0.497 e. The Morgan fingerprint density at radius 2 is 0.835 bits per heavy atom. The summed E-state index contributed by atoms with van der Waals surface area (Å²) in [6.07, 6.45) is 18.7. The molecule has 7 aliphatic heterocycles. The van der Waals surface area contributed by atoms with E-state index in [0.29, 0.717) is 74.7 Å². The van der Waals surface area contributed by atoms with Gasteiger partial charge in [0.1, 0.15) is 63.7 Å². The second-order valence-electron chi connectivity index (χ2n) is 32.6. The maximum absolute atomic E-state index is 14.8. The number of rotatable bonds is 21. The smallest absolute Gasteiger partial charge is 0.363 e. The number of nitrogens with zero attached hydrogens (tertiary/aromatic N) is 17. The number of aromatic nitrogens is 9. The van der Waals surface area contributed by atoms with E-state index >= 15 is 0 Å². The molecule has 31 nitrogen and oxygen atoms in total. The van der Waals surface area contributed by atoms with Crippen LogP contribution < -0.4 is 49.6 Å². The third-order valence-corrected chi connectivity index (χ3v) is 24.5. The van der Waals surface area contributed by atoms with Crippen LogP contribution in [0.25, 0.3) is 33.9 Å². The Balaban J connectivity index is 0.000000141. The number of aliphatic hydroxyl groups excluding tert-OH is 1. The molecule has 3 amide bonds. The number of anilines is 5. The van der Waals surface area contributed by atoms with Gasteiger partial charge in [-0.05, 0) is 214 Å². The summed E-state index contributed by atoms with van der Waals surface area (Å²) in [5.74, 6) is -2.44. The first-order chi connectivity index (χ1) is 67.3. The molecule has 4 saturated heterocycles. The van der Waals surface area contributed by atoms with E-state index in [0.717, 1.165) is 128 Å². The third kappa shape index (κ3) is 24.3. The van der Waals surface area contributed by atoms with Crippen molar-refractivity contribution in [2.75, 3.05) is 113 Å². The molecule has 0 saturated carbocycles. The Hall–Kier alpha value is -15.1. The maximum atomic E-state index is 14.8. The second-order valence-corrected chi connectivity index (χ2v) is 33.9. The van der Waals surface area contributed by atoms with Crippen molar-refractivity contribution in [2.45, 2.75) is 96.9 Å². The number of aliphatic hydroxyl groups is 1. The summed E-state index contributed by atoms with van der Waals surface area (Å²) in [6.45, 7) is 9.53. The number of methoxy groups -OCH3 is 4. The summed E-state index contributed by atoms with van der Waals surface area (Å²) in [6, 6.07) is 42.5. The fraction of sp³-hybridized carbons (Fsp3) is 0.280. The number of carbonyl (C=O) groups excluding carboxylic acids is 3. The van der Waals surface area contributed by atoms with Gasteiger partial charge in [-0.1, -0.05) is 29.8 Å². The highest BCUT2D eigenvalue weighted by Crippen LogP contribution is 2.40.